The lowest BCUT2D eigenvalue weighted by Gasteiger charge is -2.13. The molecular weight excluding hydrogens is 406 g/mol. The van der Waals surface area contributed by atoms with Gasteiger partial charge in [-0.1, -0.05) is 41.9 Å². The van der Waals surface area contributed by atoms with Crippen molar-refractivity contribution in [2.75, 3.05) is 13.4 Å². The van der Waals surface area contributed by atoms with E-state index in [9.17, 15) is 4.79 Å². The first-order chi connectivity index (χ1) is 14.1. The number of hydrogen-bond acceptors (Lipinski definition) is 5. The van der Waals surface area contributed by atoms with Gasteiger partial charge in [0.2, 0.25) is 0 Å². The van der Waals surface area contributed by atoms with E-state index in [-0.39, 0.29) is 6.61 Å². The Labute approximate surface area is 177 Å². The summed E-state index contributed by atoms with van der Waals surface area (Å²) >= 11 is 8.06. The molecule has 0 N–H and O–H groups in total. The number of ether oxygens (including phenoxy) is 2. The standard InChI is InChI=1S/C23H18ClNO3S/c1-27-23(26)19-10-14-5-3-4-6-15(14)11-21(19)28-13-17-9-16-7-8-18(29-2)12-20(16)25-22(17)24/h3-12H,13H2,1-2H3. The Kier molecular flexibility index (Phi) is 5.60. The molecule has 3 aromatic carbocycles. The first kappa shape index (κ1) is 19.6. The lowest BCUT2D eigenvalue weighted by atomic mass is 10.1. The molecule has 146 valence electrons. The number of nitrogens with zero attached hydrogens (tertiary/aromatic N) is 1. The molecule has 0 aliphatic carbocycles. The van der Waals surface area contributed by atoms with Crippen LogP contribution in [0.2, 0.25) is 5.15 Å². The van der Waals surface area contributed by atoms with Gasteiger partial charge in [-0.2, -0.15) is 0 Å². The van der Waals surface area contributed by atoms with Gasteiger partial charge in [-0.15, -0.1) is 11.8 Å². The molecule has 6 heteroatoms. The molecule has 0 unspecified atom stereocenters. The van der Waals surface area contributed by atoms with E-state index >= 15 is 0 Å². The fourth-order valence-electron chi connectivity index (χ4n) is 3.16. The second-order valence-electron chi connectivity index (χ2n) is 6.47. The van der Waals surface area contributed by atoms with Gasteiger partial charge in [-0.05, 0) is 47.4 Å². The van der Waals surface area contributed by atoms with Gasteiger partial charge in [0.15, 0.2) is 0 Å². The summed E-state index contributed by atoms with van der Waals surface area (Å²) < 4.78 is 10.9. The van der Waals surface area contributed by atoms with Crippen LogP contribution < -0.4 is 4.74 Å². The SMILES string of the molecule is COC(=O)c1cc2ccccc2cc1OCc1cc2ccc(SC)cc2nc1Cl. The summed E-state index contributed by atoms with van der Waals surface area (Å²) in [6, 6.07) is 19.4. The number of thioether (sulfide) groups is 1. The van der Waals surface area contributed by atoms with Crippen LogP contribution in [0.25, 0.3) is 21.7 Å². The quantitative estimate of drug-likeness (QED) is 0.219. The van der Waals surface area contributed by atoms with Crippen molar-refractivity contribution in [3.05, 3.63) is 76.9 Å². The molecule has 0 bridgehead atoms. The van der Waals surface area contributed by atoms with E-state index in [0.29, 0.717) is 16.5 Å². The second kappa shape index (κ2) is 8.31. The number of benzene rings is 3. The van der Waals surface area contributed by atoms with Gasteiger partial charge in [0.25, 0.3) is 0 Å². The number of carbonyl (C=O) groups excluding carboxylic acids is 1. The Balaban J connectivity index is 1.68. The minimum atomic E-state index is -0.446. The van der Waals surface area contributed by atoms with Crippen LogP contribution in [0.1, 0.15) is 15.9 Å². The maximum atomic E-state index is 12.2. The molecule has 29 heavy (non-hydrogen) atoms. The zero-order valence-electron chi connectivity index (χ0n) is 15.9. The highest BCUT2D eigenvalue weighted by atomic mass is 35.5. The van der Waals surface area contributed by atoms with Crippen molar-refractivity contribution in [2.45, 2.75) is 11.5 Å². The lowest BCUT2D eigenvalue weighted by Crippen LogP contribution is -2.06. The Hall–Kier alpha value is -2.76. The van der Waals surface area contributed by atoms with Crippen LogP contribution in [0.5, 0.6) is 5.75 Å². The fourth-order valence-corrected chi connectivity index (χ4v) is 3.79. The molecule has 0 saturated carbocycles. The molecular formula is C23H18ClNO3S. The molecule has 4 aromatic rings. The van der Waals surface area contributed by atoms with Gasteiger partial charge in [-0.3, -0.25) is 0 Å². The van der Waals surface area contributed by atoms with Crippen molar-refractivity contribution < 1.29 is 14.3 Å². The van der Waals surface area contributed by atoms with Crippen LogP contribution in [0.3, 0.4) is 0 Å². The van der Waals surface area contributed by atoms with Crippen LogP contribution in [0.4, 0.5) is 0 Å². The Morgan fingerprint density at radius 3 is 2.52 bits per heavy atom. The van der Waals surface area contributed by atoms with Crippen molar-refractivity contribution in [3.63, 3.8) is 0 Å². The number of carbonyl (C=O) groups is 1. The minimum Gasteiger partial charge on any atom is -0.488 e. The van der Waals surface area contributed by atoms with E-state index in [1.54, 1.807) is 17.8 Å². The highest BCUT2D eigenvalue weighted by molar-refractivity contribution is 7.98. The Morgan fingerprint density at radius 2 is 1.79 bits per heavy atom. The average molecular weight is 424 g/mol. The molecule has 0 radical (unpaired) electrons. The minimum absolute atomic E-state index is 0.189. The number of methoxy groups -OCH3 is 1. The third-order valence-corrected chi connectivity index (χ3v) is 5.74. The van der Waals surface area contributed by atoms with Gasteiger partial charge < -0.3 is 9.47 Å². The van der Waals surface area contributed by atoms with Crippen LogP contribution >= 0.6 is 23.4 Å². The van der Waals surface area contributed by atoms with Crippen molar-refractivity contribution in [1.82, 2.24) is 4.98 Å². The summed E-state index contributed by atoms with van der Waals surface area (Å²) in [5.74, 6) is 0.00234. The van der Waals surface area contributed by atoms with Crippen LogP contribution in [0.15, 0.2) is 65.6 Å². The van der Waals surface area contributed by atoms with Crippen molar-refractivity contribution >= 4 is 51.0 Å². The van der Waals surface area contributed by atoms with Crippen LogP contribution in [0, 0.1) is 0 Å². The predicted molar refractivity (Wildman–Crippen MR) is 118 cm³/mol. The van der Waals surface area contributed by atoms with Gasteiger partial charge in [0, 0.05) is 15.8 Å². The molecule has 0 amide bonds. The summed E-state index contributed by atoms with van der Waals surface area (Å²) in [6.45, 7) is 0.189. The zero-order valence-corrected chi connectivity index (χ0v) is 17.5. The number of pyridine rings is 1. The first-order valence-corrected chi connectivity index (χ1v) is 10.6. The van der Waals surface area contributed by atoms with E-state index in [2.05, 4.69) is 4.98 Å². The molecule has 4 rings (SSSR count). The summed E-state index contributed by atoms with van der Waals surface area (Å²) in [5, 5.41) is 3.28. The normalized spacial score (nSPS) is 11.0. The van der Waals surface area contributed by atoms with Crippen molar-refractivity contribution in [1.29, 1.82) is 0 Å². The molecule has 0 aliphatic rings. The number of aromatic nitrogens is 1. The predicted octanol–water partition coefficient (Wildman–Crippen LogP) is 6.13. The van der Waals surface area contributed by atoms with E-state index in [4.69, 9.17) is 21.1 Å². The third kappa shape index (κ3) is 4.02. The van der Waals surface area contributed by atoms with Gasteiger partial charge >= 0.3 is 5.97 Å². The largest absolute Gasteiger partial charge is 0.488 e. The van der Waals surface area contributed by atoms with Gasteiger partial charge in [0.1, 0.15) is 23.1 Å². The smallest absolute Gasteiger partial charge is 0.341 e. The number of hydrogen-bond donors (Lipinski definition) is 0. The summed E-state index contributed by atoms with van der Waals surface area (Å²) in [7, 11) is 1.36. The van der Waals surface area contributed by atoms with E-state index in [1.807, 2.05) is 60.9 Å². The number of halogens is 1. The molecule has 0 aliphatic heterocycles. The molecule has 0 atom stereocenters. The molecule has 0 fully saturated rings. The van der Waals surface area contributed by atoms with Crippen molar-refractivity contribution in [3.8, 4) is 5.75 Å². The average Bonchev–Trinajstić information content (AvgIpc) is 2.76. The van der Waals surface area contributed by atoms with E-state index in [1.165, 1.54) is 7.11 Å². The molecule has 0 saturated heterocycles. The van der Waals surface area contributed by atoms with E-state index < -0.39 is 5.97 Å². The Bertz CT molecular complexity index is 1230. The van der Waals surface area contributed by atoms with E-state index in [0.717, 1.165) is 32.1 Å². The number of rotatable bonds is 5. The van der Waals surface area contributed by atoms with Crippen LogP contribution in [-0.4, -0.2) is 24.3 Å². The highest BCUT2D eigenvalue weighted by Gasteiger charge is 2.16. The molecule has 4 nitrogen and oxygen atoms in total. The molecule has 1 heterocycles. The second-order valence-corrected chi connectivity index (χ2v) is 7.71. The van der Waals surface area contributed by atoms with Gasteiger partial charge in [0.05, 0.1) is 12.6 Å². The summed E-state index contributed by atoms with van der Waals surface area (Å²) in [6.07, 6.45) is 2.02. The lowest BCUT2D eigenvalue weighted by molar-refractivity contribution is 0.0596. The van der Waals surface area contributed by atoms with Gasteiger partial charge in [-0.25, -0.2) is 9.78 Å². The number of esters is 1. The zero-order chi connectivity index (χ0) is 20.4. The third-order valence-electron chi connectivity index (χ3n) is 4.69. The van der Waals surface area contributed by atoms with Crippen LogP contribution in [-0.2, 0) is 11.3 Å². The first-order valence-electron chi connectivity index (χ1n) is 8.96. The fraction of sp³-hybridized carbons (Fsp3) is 0.130. The summed E-state index contributed by atoms with van der Waals surface area (Å²) in [4.78, 5) is 17.9. The monoisotopic (exact) mass is 423 g/mol. The molecule has 0 spiro atoms. The molecule has 1 aromatic heterocycles. The maximum Gasteiger partial charge on any atom is 0.341 e. The highest BCUT2D eigenvalue weighted by Crippen LogP contribution is 2.29. The number of fused-ring (bicyclic) bond motifs is 2. The maximum absolute atomic E-state index is 12.2. The summed E-state index contributed by atoms with van der Waals surface area (Å²) in [5.41, 5.74) is 1.97. The topological polar surface area (TPSA) is 48.4 Å². The Morgan fingerprint density at radius 1 is 1.03 bits per heavy atom. The van der Waals surface area contributed by atoms with Crippen molar-refractivity contribution in [2.24, 2.45) is 0 Å².